The lowest BCUT2D eigenvalue weighted by molar-refractivity contribution is -0.143. The number of carbonyl (C=O) groups excluding carboxylic acids is 2. The van der Waals surface area contributed by atoms with Crippen molar-refractivity contribution < 1.29 is 48.5 Å². The van der Waals surface area contributed by atoms with E-state index < -0.39 is 64.2 Å². The van der Waals surface area contributed by atoms with E-state index in [9.17, 15) is 44.3 Å². The molecule has 3 atom stereocenters. The number of alkyl halides is 6. The summed E-state index contributed by atoms with van der Waals surface area (Å²) in [7, 11) is -2.54. The van der Waals surface area contributed by atoms with Gasteiger partial charge in [0.1, 0.15) is 0 Å². The van der Waals surface area contributed by atoms with Gasteiger partial charge in [0.2, 0.25) is 5.91 Å². The molecule has 2 fully saturated rings. The van der Waals surface area contributed by atoms with Crippen LogP contribution in [0.5, 0.6) is 0 Å². The fraction of sp³-hybridized carbons (Fsp3) is 0.481. The Morgan fingerprint density at radius 2 is 1.62 bits per heavy atom. The van der Waals surface area contributed by atoms with E-state index in [4.69, 9.17) is 4.18 Å². The second kappa shape index (κ2) is 11.4. The molecule has 0 spiro atoms. The van der Waals surface area contributed by atoms with Crippen LogP contribution < -0.4 is 0 Å². The fourth-order valence-electron chi connectivity index (χ4n) is 5.58. The molecule has 3 amide bonds. The van der Waals surface area contributed by atoms with Crippen LogP contribution in [0.2, 0.25) is 0 Å². The van der Waals surface area contributed by atoms with Gasteiger partial charge in [-0.2, -0.15) is 34.8 Å². The second-order valence-electron chi connectivity index (χ2n) is 10.6. The second-order valence-corrected chi connectivity index (χ2v) is 12.2. The van der Waals surface area contributed by atoms with Crippen molar-refractivity contribution in [1.29, 1.82) is 0 Å². The number of nitrogens with zero attached hydrogens (tertiary/aromatic N) is 3. The lowest BCUT2D eigenvalue weighted by Gasteiger charge is -2.46. The summed E-state index contributed by atoms with van der Waals surface area (Å²) >= 11 is 0. The summed E-state index contributed by atoms with van der Waals surface area (Å²) in [6, 6.07) is 6.37. The number of piperazine rings is 1. The van der Waals surface area contributed by atoms with Gasteiger partial charge in [-0.15, -0.1) is 0 Å². The van der Waals surface area contributed by atoms with E-state index in [0.29, 0.717) is 17.7 Å². The molecule has 2 aliphatic rings. The van der Waals surface area contributed by atoms with E-state index in [2.05, 4.69) is 0 Å². The zero-order chi connectivity index (χ0) is 31.2. The van der Waals surface area contributed by atoms with Crippen molar-refractivity contribution in [3.8, 4) is 0 Å². The summed E-state index contributed by atoms with van der Waals surface area (Å²) < 4.78 is 108. The third-order valence-electron chi connectivity index (χ3n) is 7.47. The first kappa shape index (κ1) is 31.6. The number of carbonyl (C=O) groups is 2. The molecule has 2 saturated heterocycles. The summed E-state index contributed by atoms with van der Waals surface area (Å²) in [5.41, 5.74) is -1.82. The predicted molar refractivity (Wildman–Crippen MR) is 138 cm³/mol. The number of amides is 3. The number of hydrogen-bond donors (Lipinski definition) is 0. The molecule has 230 valence electrons. The summed E-state index contributed by atoms with van der Waals surface area (Å²) in [4.78, 5) is 31.0. The quantitative estimate of drug-likeness (QED) is 0.341. The van der Waals surface area contributed by atoms with E-state index in [1.165, 1.54) is 11.9 Å². The Kier molecular flexibility index (Phi) is 8.57. The van der Waals surface area contributed by atoms with Gasteiger partial charge in [0, 0.05) is 26.7 Å². The van der Waals surface area contributed by atoms with Crippen molar-refractivity contribution in [2.24, 2.45) is 5.92 Å². The van der Waals surface area contributed by atoms with Crippen molar-refractivity contribution in [1.82, 2.24) is 14.7 Å². The van der Waals surface area contributed by atoms with Crippen molar-refractivity contribution in [3.63, 3.8) is 0 Å². The first-order valence-corrected chi connectivity index (χ1v) is 14.7. The van der Waals surface area contributed by atoms with Gasteiger partial charge in [-0.05, 0) is 48.2 Å². The Bertz CT molecular complexity index is 1430. The molecule has 0 saturated carbocycles. The number of halogens is 6. The molecule has 3 unspecified atom stereocenters. The van der Waals surface area contributed by atoms with E-state index in [1.54, 1.807) is 23.1 Å². The van der Waals surface area contributed by atoms with Crippen molar-refractivity contribution in [3.05, 3.63) is 70.3 Å². The van der Waals surface area contributed by atoms with Gasteiger partial charge in [0.25, 0.3) is 10.1 Å². The molecule has 8 nitrogen and oxygen atoms in total. The smallest absolute Gasteiger partial charge is 0.335 e. The number of urea groups is 1. The Morgan fingerprint density at radius 1 is 1.02 bits per heavy atom. The molecule has 0 radical (unpaired) electrons. The minimum absolute atomic E-state index is 0.0276. The number of rotatable bonds is 6. The van der Waals surface area contributed by atoms with Crippen LogP contribution in [0.4, 0.5) is 31.1 Å². The minimum Gasteiger partial charge on any atom is -0.335 e. The molecule has 2 aromatic carbocycles. The number of hydrogen-bond acceptors (Lipinski definition) is 5. The van der Waals surface area contributed by atoms with Crippen LogP contribution >= 0.6 is 0 Å². The van der Waals surface area contributed by atoms with Crippen LogP contribution in [0, 0.1) is 12.8 Å². The molecule has 4 rings (SSSR count). The molecule has 0 aromatic heterocycles. The Morgan fingerprint density at radius 3 is 2.17 bits per heavy atom. The average Bonchev–Trinajstić information content (AvgIpc) is 3.20. The van der Waals surface area contributed by atoms with Gasteiger partial charge in [-0.1, -0.05) is 24.3 Å². The van der Waals surface area contributed by atoms with Crippen LogP contribution in [0.1, 0.15) is 40.3 Å². The van der Waals surface area contributed by atoms with Crippen LogP contribution in [0.25, 0.3) is 0 Å². The SMILES string of the molecule is Cc1ccccc1C1C2CC(COS(C)(=O)=O)C(=O)N2CCN1C(=O)N(C)Cc1cc(C(F)(F)F)cc(C(F)(F)F)c1. The molecular formula is C27H29F6N3O5S. The molecule has 0 bridgehead atoms. The van der Waals surface area contributed by atoms with Crippen LogP contribution in [-0.4, -0.2) is 74.1 Å². The van der Waals surface area contributed by atoms with Gasteiger partial charge in [-0.25, -0.2) is 4.79 Å². The maximum Gasteiger partial charge on any atom is 0.416 e. The predicted octanol–water partition coefficient (Wildman–Crippen LogP) is 4.83. The Balaban J connectivity index is 1.65. The minimum atomic E-state index is -5.03. The third-order valence-corrected chi connectivity index (χ3v) is 8.03. The number of aryl methyl sites for hydroxylation is 1. The number of benzene rings is 2. The molecule has 0 aliphatic carbocycles. The zero-order valence-corrected chi connectivity index (χ0v) is 23.7. The summed E-state index contributed by atoms with van der Waals surface area (Å²) in [6.45, 7) is 1.03. The number of fused-ring (bicyclic) bond motifs is 1. The normalized spacial score (nSPS) is 21.5. The highest BCUT2D eigenvalue weighted by atomic mass is 32.2. The summed E-state index contributed by atoms with van der Waals surface area (Å²) in [6.07, 6.45) is -9.02. The van der Waals surface area contributed by atoms with E-state index in [0.717, 1.165) is 16.7 Å². The van der Waals surface area contributed by atoms with Crippen LogP contribution in [0.15, 0.2) is 42.5 Å². The monoisotopic (exact) mass is 621 g/mol. The van der Waals surface area contributed by atoms with Crippen molar-refractivity contribution in [2.75, 3.05) is 33.0 Å². The van der Waals surface area contributed by atoms with Gasteiger partial charge >= 0.3 is 18.4 Å². The summed E-state index contributed by atoms with van der Waals surface area (Å²) in [5, 5.41) is 0. The van der Waals surface area contributed by atoms with Crippen LogP contribution in [-0.2, 0) is 38.0 Å². The zero-order valence-electron chi connectivity index (χ0n) is 22.9. The van der Waals surface area contributed by atoms with Gasteiger partial charge < -0.3 is 14.7 Å². The summed E-state index contributed by atoms with van der Waals surface area (Å²) in [5.74, 6) is -1.11. The largest absolute Gasteiger partial charge is 0.416 e. The molecular weight excluding hydrogens is 592 g/mol. The first-order chi connectivity index (χ1) is 19.4. The van der Waals surface area contributed by atoms with Crippen LogP contribution in [0.3, 0.4) is 0 Å². The van der Waals surface area contributed by atoms with Crippen molar-refractivity contribution >= 4 is 22.1 Å². The first-order valence-electron chi connectivity index (χ1n) is 12.9. The Hall–Kier alpha value is -3.33. The molecule has 2 aromatic rings. The van der Waals surface area contributed by atoms with Crippen molar-refractivity contribution in [2.45, 2.75) is 44.3 Å². The molecule has 2 aliphatic heterocycles. The van der Waals surface area contributed by atoms with Gasteiger partial charge in [0.05, 0.1) is 42.0 Å². The fourth-order valence-corrected chi connectivity index (χ4v) is 5.99. The maximum absolute atomic E-state index is 13.8. The topological polar surface area (TPSA) is 87.2 Å². The molecule has 2 heterocycles. The standard InChI is InChI=1S/C27H29F6N3O5S/c1-16-6-4-5-7-21(16)23-22-12-18(15-41-42(3,39)40)24(37)35(22)8-9-36(23)25(38)34(2)14-17-10-19(26(28,29)30)13-20(11-17)27(31,32)33/h4-7,10-11,13,18,22-23H,8-9,12,14-15H2,1-3H3. The highest BCUT2D eigenvalue weighted by Gasteiger charge is 2.50. The molecule has 15 heteroatoms. The molecule has 0 N–H and O–H groups in total. The third kappa shape index (κ3) is 6.83. The van der Waals surface area contributed by atoms with E-state index >= 15 is 0 Å². The van der Waals surface area contributed by atoms with E-state index in [1.807, 2.05) is 13.0 Å². The lowest BCUT2D eigenvalue weighted by Crippen LogP contribution is -2.57. The Labute approximate surface area is 238 Å². The van der Waals surface area contributed by atoms with E-state index in [-0.39, 0.29) is 43.7 Å². The molecule has 42 heavy (non-hydrogen) atoms. The van der Waals surface area contributed by atoms with Gasteiger partial charge in [0.15, 0.2) is 0 Å². The van der Waals surface area contributed by atoms with Gasteiger partial charge in [-0.3, -0.25) is 8.98 Å². The highest BCUT2D eigenvalue weighted by Crippen LogP contribution is 2.42. The highest BCUT2D eigenvalue weighted by molar-refractivity contribution is 7.85. The maximum atomic E-state index is 13.8. The lowest BCUT2D eigenvalue weighted by atomic mass is 9.89. The average molecular weight is 622 g/mol.